The molecule has 17 heteroatoms. The van der Waals surface area contributed by atoms with Crippen LogP contribution in [0, 0.1) is 0 Å². The van der Waals surface area contributed by atoms with Crippen LogP contribution < -0.4 is 33.6 Å². The van der Waals surface area contributed by atoms with E-state index in [1.54, 1.807) is 0 Å². The highest BCUT2D eigenvalue weighted by Gasteiger charge is 2.47. The summed E-state index contributed by atoms with van der Waals surface area (Å²) in [5, 5.41) is 45.4. The molecule has 0 spiro atoms. The summed E-state index contributed by atoms with van der Waals surface area (Å²) in [4.78, 5) is 12.1. The summed E-state index contributed by atoms with van der Waals surface area (Å²) >= 11 is 0. The highest BCUT2D eigenvalue weighted by molar-refractivity contribution is 5.81. The predicted molar refractivity (Wildman–Crippen MR) is 159 cm³/mol. The smallest absolute Gasteiger partial charge is 0.252 e. The van der Waals surface area contributed by atoms with Crippen molar-refractivity contribution < 1.29 is 53.3 Å². The summed E-state index contributed by atoms with van der Waals surface area (Å²) < 4.78 is 42.2. The van der Waals surface area contributed by atoms with Crippen molar-refractivity contribution in [3.63, 3.8) is 0 Å². The zero-order valence-electron chi connectivity index (χ0n) is 25.7. The van der Waals surface area contributed by atoms with Crippen LogP contribution in [0.25, 0.3) is 0 Å². The van der Waals surface area contributed by atoms with E-state index in [-0.39, 0.29) is 25.6 Å². The average molecular weight is 653 g/mol. The van der Waals surface area contributed by atoms with Crippen molar-refractivity contribution in [2.75, 3.05) is 39.9 Å². The lowest BCUT2D eigenvalue weighted by atomic mass is 9.89. The van der Waals surface area contributed by atoms with Crippen LogP contribution in [0.5, 0.6) is 0 Å². The summed E-state index contributed by atoms with van der Waals surface area (Å²) in [6.45, 7) is 0.877. The Balaban J connectivity index is 0.000000525. The number of carbonyl (C=O) groups excluding carboxylic acids is 1. The maximum atomic E-state index is 13.6. The molecular weight excluding hydrogens is 599 g/mol. The zero-order valence-corrected chi connectivity index (χ0v) is 25.7. The van der Waals surface area contributed by atoms with Gasteiger partial charge in [0.15, 0.2) is 18.7 Å². The van der Waals surface area contributed by atoms with E-state index in [2.05, 4.69) is 22.8 Å². The molecule has 0 bridgehead atoms. The molecule has 3 fully saturated rings. The van der Waals surface area contributed by atoms with Gasteiger partial charge in [0.25, 0.3) is 5.91 Å². The Morgan fingerprint density at radius 3 is 2.47 bits per heavy atom. The maximum Gasteiger partial charge on any atom is 0.252 e. The zero-order chi connectivity index (χ0) is 33.1. The summed E-state index contributed by atoms with van der Waals surface area (Å²) in [5.41, 5.74) is 22.8. The number of aliphatic hydroxyl groups is 4. The first-order valence-corrected chi connectivity index (χ1v) is 15.6. The molecule has 1 aliphatic carbocycles. The molecule has 0 aromatic carbocycles. The minimum Gasteiger partial charge on any atom is -0.394 e. The van der Waals surface area contributed by atoms with Crippen LogP contribution in [0.1, 0.15) is 32.1 Å². The largest absolute Gasteiger partial charge is 0.394 e. The molecule has 45 heavy (non-hydrogen) atoms. The van der Waals surface area contributed by atoms with E-state index in [0.717, 1.165) is 19.6 Å². The molecule has 3 aliphatic heterocycles. The molecule has 14 N–H and O–H groups in total. The molecule has 262 valence electrons. The number of ether oxygens (including phenoxy) is 5. The van der Waals surface area contributed by atoms with Crippen molar-refractivity contribution >= 4 is 5.91 Å². The van der Waals surface area contributed by atoms with E-state index < -0.39 is 86.0 Å². The molecule has 9 unspecified atom stereocenters. The Labute approximate surface area is 262 Å². The number of halogens is 1. The molecule has 4 rings (SSSR count). The van der Waals surface area contributed by atoms with Crippen LogP contribution in [-0.4, -0.2) is 152 Å². The number of nitrogens with two attached hydrogens (primary N) is 4. The number of hydrogen-bond donors (Lipinski definition) is 10. The minimum atomic E-state index is -1.88. The summed E-state index contributed by atoms with van der Waals surface area (Å²) in [6.07, 6.45) is -3.88. The second-order valence-corrected chi connectivity index (χ2v) is 11.8. The van der Waals surface area contributed by atoms with Crippen molar-refractivity contribution in [3.8, 4) is 0 Å². The second-order valence-electron chi connectivity index (χ2n) is 11.8. The number of nitrogens with one attached hydrogen (secondary N) is 2. The number of alkyl halides is 1. The fraction of sp³-hybridized carbons (Fsp3) is 0.893. The molecule has 0 radical (unpaired) electrons. The first-order chi connectivity index (χ1) is 21.5. The quantitative estimate of drug-likeness (QED) is 0.0896. The van der Waals surface area contributed by atoms with E-state index >= 15 is 0 Å². The minimum absolute atomic E-state index is 0.0595. The van der Waals surface area contributed by atoms with Gasteiger partial charge in [-0.2, -0.15) is 0 Å². The van der Waals surface area contributed by atoms with Gasteiger partial charge in [-0.15, -0.1) is 0 Å². The van der Waals surface area contributed by atoms with E-state index in [4.69, 9.17) is 46.6 Å². The lowest BCUT2D eigenvalue weighted by molar-refractivity contribution is -0.274. The van der Waals surface area contributed by atoms with Crippen LogP contribution in [0.2, 0.25) is 0 Å². The first kappa shape index (κ1) is 38.0. The first-order valence-electron chi connectivity index (χ1n) is 15.6. The number of hydrogen-bond acceptors (Lipinski definition) is 15. The van der Waals surface area contributed by atoms with Gasteiger partial charge < -0.3 is 77.7 Å². The molecule has 0 aromatic rings. The fourth-order valence-electron chi connectivity index (χ4n) is 5.76. The SMILES string of the molecule is CNCC1C=CCCO1.NCC(F)C(O)C(=O)NC1CC(N)CC(OC2C[C@H](O[C@H]3O[C@@H](CN)[C@@H](O)C(O)[C@H]3N)C(CO)O2)C1. The van der Waals surface area contributed by atoms with Gasteiger partial charge in [0.05, 0.1) is 37.6 Å². The summed E-state index contributed by atoms with van der Waals surface area (Å²) in [7, 11) is 1.94. The van der Waals surface area contributed by atoms with Crippen molar-refractivity contribution in [1.82, 2.24) is 10.6 Å². The molecule has 1 saturated carbocycles. The van der Waals surface area contributed by atoms with Crippen LogP contribution in [0.15, 0.2) is 12.2 Å². The molecule has 2 saturated heterocycles. The Morgan fingerprint density at radius 2 is 1.84 bits per heavy atom. The Kier molecular flexibility index (Phi) is 15.9. The number of amides is 1. The maximum absolute atomic E-state index is 13.6. The van der Waals surface area contributed by atoms with E-state index in [9.17, 15) is 29.6 Å². The number of aliphatic hydroxyl groups excluding tert-OH is 4. The highest BCUT2D eigenvalue weighted by atomic mass is 19.1. The molecule has 16 nitrogen and oxygen atoms in total. The molecule has 4 aliphatic rings. The fourth-order valence-corrected chi connectivity index (χ4v) is 5.76. The topological polar surface area (TPSA) is 272 Å². The van der Waals surface area contributed by atoms with Crippen LogP contribution in [0.4, 0.5) is 4.39 Å². The van der Waals surface area contributed by atoms with Crippen LogP contribution >= 0.6 is 0 Å². The van der Waals surface area contributed by atoms with Gasteiger partial charge in [-0.25, -0.2) is 4.39 Å². The third kappa shape index (κ3) is 11.1. The summed E-state index contributed by atoms with van der Waals surface area (Å²) in [6, 6.07) is -1.83. The van der Waals surface area contributed by atoms with Gasteiger partial charge in [0.1, 0.15) is 30.6 Å². The van der Waals surface area contributed by atoms with Gasteiger partial charge in [0.2, 0.25) is 0 Å². The average Bonchev–Trinajstić information content (AvgIpc) is 3.41. The number of carbonyl (C=O) groups is 1. The Bertz CT molecular complexity index is 912. The molecule has 3 heterocycles. The van der Waals surface area contributed by atoms with Gasteiger partial charge >= 0.3 is 0 Å². The standard InChI is InChI=1S/C21H40FN5O9.C7H13NO/c22-11(5-23)17(29)20(32)27-9-1-8(25)2-10(3-9)33-15-4-12(14(7-28)34-15)35-21-16(26)19(31)18(30)13(6-24)36-21;1-8-6-7-4-2-3-5-9-7/h8-19,21,28-31H,1-7,23-26H2,(H,27,32);2,4,7-8H,3,5-6H2,1H3/t8?,9?,10?,11?,12-,13-,14?,15?,16+,17?,18+,19?,21-;/m0./s1. The van der Waals surface area contributed by atoms with Gasteiger partial charge in [-0.1, -0.05) is 12.2 Å². The van der Waals surface area contributed by atoms with Crippen molar-refractivity contribution in [2.45, 2.75) is 118 Å². The number of likely N-dealkylation sites (N-methyl/N-ethyl adjacent to an activating group) is 1. The van der Waals surface area contributed by atoms with Crippen LogP contribution in [0.3, 0.4) is 0 Å². The predicted octanol–water partition coefficient (Wildman–Crippen LogP) is -4.20. The highest BCUT2D eigenvalue weighted by Crippen LogP contribution is 2.31. The molecule has 0 aromatic heterocycles. The van der Waals surface area contributed by atoms with Crippen molar-refractivity contribution in [2.24, 2.45) is 22.9 Å². The molecule has 14 atom stereocenters. The van der Waals surface area contributed by atoms with Gasteiger partial charge in [0, 0.05) is 38.1 Å². The van der Waals surface area contributed by atoms with E-state index in [1.165, 1.54) is 0 Å². The van der Waals surface area contributed by atoms with Crippen molar-refractivity contribution in [3.05, 3.63) is 12.2 Å². The lowest BCUT2D eigenvalue weighted by Gasteiger charge is -2.41. The van der Waals surface area contributed by atoms with Crippen molar-refractivity contribution in [1.29, 1.82) is 0 Å². The summed E-state index contributed by atoms with van der Waals surface area (Å²) in [5.74, 6) is -0.872. The third-order valence-electron chi connectivity index (χ3n) is 8.24. The van der Waals surface area contributed by atoms with Crippen LogP contribution in [-0.2, 0) is 28.5 Å². The lowest BCUT2D eigenvalue weighted by Crippen LogP contribution is -2.63. The van der Waals surface area contributed by atoms with E-state index in [0.29, 0.717) is 25.4 Å². The van der Waals surface area contributed by atoms with E-state index in [1.807, 2.05) is 7.05 Å². The Hall–Kier alpha value is -1.42. The molecule has 1 amide bonds. The van der Waals surface area contributed by atoms with Gasteiger partial charge in [-0.05, 0) is 32.7 Å². The third-order valence-corrected chi connectivity index (χ3v) is 8.24. The normalized spacial score (nSPS) is 39.9. The Morgan fingerprint density at radius 1 is 1.09 bits per heavy atom. The molecular formula is C28H53FN6O10. The van der Waals surface area contributed by atoms with Gasteiger partial charge in [-0.3, -0.25) is 4.79 Å². The number of rotatable bonds is 12. The monoisotopic (exact) mass is 652 g/mol. The second kappa shape index (κ2) is 18.8.